The number of rotatable bonds is 43. The predicted molar refractivity (Wildman–Crippen MR) is 255 cm³/mol. The first-order valence-corrected chi connectivity index (χ1v) is 24.7. The molecule has 6 nitrogen and oxygen atoms in total. The van der Waals surface area contributed by atoms with E-state index in [9.17, 15) is 19.8 Å². The molecule has 6 heteroatoms. The Bertz CT molecular complexity index is 1110. The first kappa shape index (κ1) is 56.3. The summed E-state index contributed by atoms with van der Waals surface area (Å²) in [4.78, 5) is 26.0. The van der Waals surface area contributed by atoms with E-state index in [1.54, 1.807) is 0 Å². The van der Waals surface area contributed by atoms with Crippen LogP contribution in [0.1, 0.15) is 226 Å². The Morgan fingerprint density at radius 2 is 0.949 bits per heavy atom. The van der Waals surface area contributed by atoms with Gasteiger partial charge in [0.2, 0.25) is 5.91 Å². The second-order valence-electron chi connectivity index (χ2n) is 16.6. The molecular weight excluding hydrogens is 731 g/mol. The molecule has 340 valence electrons. The van der Waals surface area contributed by atoms with Gasteiger partial charge in [0.15, 0.2) is 0 Å². The van der Waals surface area contributed by atoms with Crippen LogP contribution in [0.15, 0.2) is 72.9 Å². The molecule has 3 N–H and O–H groups in total. The molecule has 0 aromatic rings. The first-order chi connectivity index (χ1) is 29.0. The van der Waals surface area contributed by atoms with Crippen molar-refractivity contribution < 1.29 is 24.5 Å². The minimum absolute atomic E-state index is 0.0228. The summed E-state index contributed by atoms with van der Waals surface area (Å²) in [6.07, 6.45) is 58.3. The molecule has 0 aromatic heterocycles. The molecule has 3 unspecified atom stereocenters. The number of hydrogen-bond acceptors (Lipinski definition) is 5. The molecule has 0 aliphatic carbocycles. The molecule has 0 saturated carbocycles. The van der Waals surface area contributed by atoms with Crippen LogP contribution in [0.4, 0.5) is 0 Å². The van der Waals surface area contributed by atoms with Crippen LogP contribution >= 0.6 is 0 Å². The molecule has 0 rings (SSSR count). The van der Waals surface area contributed by atoms with Gasteiger partial charge in [-0.1, -0.05) is 222 Å². The summed E-state index contributed by atoms with van der Waals surface area (Å²) in [5, 5.41) is 23.6. The van der Waals surface area contributed by atoms with Gasteiger partial charge in [0.1, 0.15) is 6.10 Å². The van der Waals surface area contributed by atoms with Gasteiger partial charge in [-0.25, -0.2) is 0 Å². The summed E-state index contributed by atoms with van der Waals surface area (Å²) < 4.78 is 5.88. The van der Waals surface area contributed by atoms with Crippen molar-refractivity contribution in [2.24, 2.45) is 0 Å². The van der Waals surface area contributed by atoms with E-state index in [-0.39, 0.29) is 24.9 Å². The van der Waals surface area contributed by atoms with Gasteiger partial charge in [-0.3, -0.25) is 9.59 Å². The number of aliphatic hydroxyl groups excluding tert-OH is 2. The lowest BCUT2D eigenvalue weighted by atomic mass is 10.0. The number of carbonyl (C=O) groups excluding carboxylic acids is 2. The Morgan fingerprint density at radius 3 is 1.46 bits per heavy atom. The van der Waals surface area contributed by atoms with Crippen molar-refractivity contribution in [1.29, 1.82) is 0 Å². The Labute approximate surface area is 364 Å². The maximum Gasteiger partial charge on any atom is 0.306 e. The Hall–Kier alpha value is -2.70. The lowest BCUT2D eigenvalue weighted by Gasteiger charge is -2.24. The lowest BCUT2D eigenvalue weighted by Crippen LogP contribution is -2.46. The highest BCUT2D eigenvalue weighted by Gasteiger charge is 2.24. The first-order valence-electron chi connectivity index (χ1n) is 24.7. The standard InChI is InChI=1S/C53H93NO5/c1-4-7-10-13-16-19-21-23-24-25-26-27-29-31-34-37-40-43-46-53(58)59-49(44-41-38-35-33-30-28-22-20-17-14-11-8-5-2)47-52(57)54-50(48-55)51(56)45-42-39-36-32-18-15-12-9-6-3/h8,11,14,17,20,22,26-28,30,33,35,49-51,55-56H,4-7,9-10,12-13,15-16,18-19,21,23-25,29,31-32,34,36-48H2,1-3H3,(H,54,57)/b11-8+,17-14+,22-20-,27-26+,30-28-,35-33+. The quantitative estimate of drug-likeness (QED) is 0.0246. The number of carbonyl (C=O) groups is 2. The number of hydrogen-bond donors (Lipinski definition) is 3. The normalized spacial score (nSPS) is 13.9. The summed E-state index contributed by atoms with van der Waals surface area (Å²) >= 11 is 0. The third kappa shape index (κ3) is 41.8. The summed E-state index contributed by atoms with van der Waals surface area (Å²) in [7, 11) is 0. The zero-order valence-corrected chi connectivity index (χ0v) is 38.6. The topological polar surface area (TPSA) is 95.9 Å². The van der Waals surface area contributed by atoms with Crippen molar-refractivity contribution in [2.45, 2.75) is 244 Å². The summed E-state index contributed by atoms with van der Waals surface area (Å²) in [6.45, 7) is 6.29. The van der Waals surface area contributed by atoms with Crippen molar-refractivity contribution in [3.05, 3.63) is 72.9 Å². The van der Waals surface area contributed by atoms with Crippen LogP contribution in [0.2, 0.25) is 0 Å². The number of unbranched alkanes of at least 4 members (excludes halogenated alkanes) is 23. The third-order valence-electron chi connectivity index (χ3n) is 10.9. The largest absolute Gasteiger partial charge is 0.462 e. The molecule has 0 spiro atoms. The molecule has 0 saturated heterocycles. The molecule has 0 aromatic carbocycles. The molecular formula is C53H93NO5. The van der Waals surface area contributed by atoms with Crippen LogP contribution in [0.25, 0.3) is 0 Å². The Balaban J connectivity index is 4.66. The summed E-state index contributed by atoms with van der Waals surface area (Å²) in [5.74, 6) is -0.560. The summed E-state index contributed by atoms with van der Waals surface area (Å²) in [6, 6.07) is -0.727. The monoisotopic (exact) mass is 824 g/mol. The second kappa shape index (κ2) is 46.4. The molecule has 0 aliphatic heterocycles. The fourth-order valence-electron chi connectivity index (χ4n) is 7.16. The fourth-order valence-corrected chi connectivity index (χ4v) is 7.16. The van der Waals surface area contributed by atoms with E-state index < -0.39 is 18.2 Å². The highest BCUT2D eigenvalue weighted by Crippen LogP contribution is 2.16. The van der Waals surface area contributed by atoms with Crippen LogP contribution in [0.3, 0.4) is 0 Å². The van der Waals surface area contributed by atoms with E-state index in [4.69, 9.17) is 4.74 Å². The van der Waals surface area contributed by atoms with Crippen LogP contribution < -0.4 is 5.32 Å². The number of ether oxygens (including phenoxy) is 1. The fraction of sp³-hybridized carbons (Fsp3) is 0.736. The molecule has 1 amide bonds. The summed E-state index contributed by atoms with van der Waals surface area (Å²) in [5.41, 5.74) is 0. The van der Waals surface area contributed by atoms with Gasteiger partial charge in [-0.2, -0.15) is 0 Å². The highest BCUT2D eigenvalue weighted by atomic mass is 16.5. The van der Waals surface area contributed by atoms with Gasteiger partial charge in [0.25, 0.3) is 0 Å². The van der Waals surface area contributed by atoms with Gasteiger partial charge >= 0.3 is 5.97 Å². The molecule has 0 fully saturated rings. The second-order valence-corrected chi connectivity index (χ2v) is 16.6. The van der Waals surface area contributed by atoms with E-state index >= 15 is 0 Å². The van der Waals surface area contributed by atoms with Gasteiger partial charge < -0.3 is 20.3 Å². The number of nitrogens with one attached hydrogen (secondary N) is 1. The van der Waals surface area contributed by atoms with E-state index in [2.05, 4.69) is 50.4 Å². The SMILES string of the molecule is CC/C=C/C=C/C=C\C=C/C=C/CCCC(CC(=O)NC(CO)C(O)CCCCCCCCCCC)OC(=O)CCCCCCC/C=C/CCCCCCCCCCC. The average Bonchev–Trinajstić information content (AvgIpc) is 3.23. The smallest absolute Gasteiger partial charge is 0.306 e. The molecule has 59 heavy (non-hydrogen) atoms. The maximum absolute atomic E-state index is 13.1. The van der Waals surface area contributed by atoms with Crippen molar-refractivity contribution in [2.75, 3.05) is 6.61 Å². The number of amides is 1. The van der Waals surface area contributed by atoms with Crippen LogP contribution in [-0.2, 0) is 14.3 Å². The van der Waals surface area contributed by atoms with Gasteiger partial charge in [-0.05, 0) is 64.2 Å². The van der Waals surface area contributed by atoms with Crippen LogP contribution in [0.5, 0.6) is 0 Å². The molecule has 3 atom stereocenters. The van der Waals surface area contributed by atoms with Gasteiger partial charge in [0.05, 0.1) is 25.2 Å². The molecule has 0 bridgehead atoms. The van der Waals surface area contributed by atoms with Crippen molar-refractivity contribution >= 4 is 11.9 Å². The van der Waals surface area contributed by atoms with Crippen molar-refractivity contribution in [3.63, 3.8) is 0 Å². The number of allylic oxidation sites excluding steroid dienone is 12. The number of esters is 1. The van der Waals surface area contributed by atoms with E-state index in [0.29, 0.717) is 19.3 Å². The Kier molecular flexibility index (Phi) is 44.2. The van der Waals surface area contributed by atoms with Crippen LogP contribution in [-0.4, -0.2) is 46.9 Å². The van der Waals surface area contributed by atoms with E-state index in [1.165, 1.54) is 116 Å². The van der Waals surface area contributed by atoms with E-state index in [1.807, 2.05) is 48.6 Å². The lowest BCUT2D eigenvalue weighted by molar-refractivity contribution is -0.151. The average molecular weight is 824 g/mol. The third-order valence-corrected chi connectivity index (χ3v) is 10.9. The highest BCUT2D eigenvalue weighted by molar-refractivity contribution is 5.77. The minimum Gasteiger partial charge on any atom is -0.462 e. The zero-order chi connectivity index (χ0) is 43.1. The zero-order valence-electron chi connectivity index (χ0n) is 38.6. The maximum atomic E-state index is 13.1. The molecule has 0 heterocycles. The molecule has 0 aliphatic rings. The number of aliphatic hydroxyl groups is 2. The predicted octanol–water partition coefficient (Wildman–Crippen LogP) is 14.6. The van der Waals surface area contributed by atoms with Gasteiger partial charge in [-0.15, -0.1) is 0 Å². The minimum atomic E-state index is -0.808. The van der Waals surface area contributed by atoms with Gasteiger partial charge in [0, 0.05) is 6.42 Å². The van der Waals surface area contributed by atoms with E-state index in [0.717, 1.165) is 64.2 Å². The van der Waals surface area contributed by atoms with Crippen molar-refractivity contribution in [3.8, 4) is 0 Å². The van der Waals surface area contributed by atoms with Crippen molar-refractivity contribution in [1.82, 2.24) is 5.32 Å². The molecule has 0 radical (unpaired) electrons. The van der Waals surface area contributed by atoms with Crippen LogP contribution in [0, 0.1) is 0 Å². The Morgan fingerprint density at radius 1 is 0.508 bits per heavy atom.